The maximum atomic E-state index is 5.50. The van der Waals surface area contributed by atoms with E-state index in [1.165, 1.54) is 11.3 Å². The van der Waals surface area contributed by atoms with Gasteiger partial charge in [-0.3, -0.25) is 0 Å². The molecule has 1 aromatic heterocycles. The maximum Gasteiger partial charge on any atom is 0.0931 e. The minimum Gasteiger partial charge on any atom is -0.132 e. The average Bonchev–Trinajstić information content (AvgIpc) is 1.87. The molecule has 36 valence electrons. The highest BCUT2D eigenvalue weighted by molar-refractivity contribution is 7.14. The Morgan fingerprint density at radius 1 is 1.71 bits per heavy atom. The van der Waals surface area contributed by atoms with Gasteiger partial charge in [-0.2, -0.15) is 0 Å². The number of halogens is 1. The Morgan fingerprint density at radius 2 is 2.43 bits per heavy atom. The Kier molecular flexibility index (Phi) is 1.35. The van der Waals surface area contributed by atoms with Gasteiger partial charge in [0, 0.05) is 0 Å². The van der Waals surface area contributed by atoms with Crippen LogP contribution in [0.4, 0.5) is 0 Å². The summed E-state index contributed by atoms with van der Waals surface area (Å²) >= 11 is 6.94. The van der Waals surface area contributed by atoms with Crippen LogP contribution in [0.15, 0.2) is 11.4 Å². The van der Waals surface area contributed by atoms with E-state index in [4.69, 9.17) is 18.5 Å². The van der Waals surface area contributed by atoms with E-state index in [1.807, 2.05) is 5.38 Å². The van der Waals surface area contributed by atoms with E-state index in [0.29, 0.717) is 0 Å². The van der Waals surface area contributed by atoms with Gasteiger partial charge in [0.25, 0.3) is 0 Å². The first-order valence-corrected chi connectivity index (χ1v) is 3.04. The van der Waals surface area contributed by atoms with Gasteiger partial charge in [-0.1, -0.05) is 11.6 Å². The second-order valence-electron chi connectivity index (χ2n) is 1.18. The largest absolute Gasteiger partial charge is 0.132 e. The zero-order valence-electron chi connectivity index (χ0n) is 3.52. The van der Waals surface area contributed by atoms with Crippen molar-refractivity contribution in [2.45, 2.75) is 0 Å². The van der Waals surface area contributed by atoms with Gasteiger partial charge in [0.2, 0.25) is 0 Å². The smallest absolute Gasteiger partial charge is 0.0931 e. The summed E-state index contributed by atoms with van der Waals surface area (Å²) in [5, 5.41) is 1.81. The molecule has 2 heteroatoms. The van der Waals surface area contributed by atoms with Gasteiger partial charge < -0.3 is 0 Å². The number of hydrogen-bond donors (Lipinski definition) is 0. The highest BCUT2D eigenvalue weighted by atomic mass is 35.5. The van der Waals surface area contributed by atoms with Crippen molar-refractivity contribution < 1.29 is 0 Å². The van der Waals surface area contributed by atoms with Crippen molar-refractivity contribution in [2.75, 3.05) is 0 Å². The quantitative estimate of drug-likeness (QED) is 0.506. The lowest BCUT2D eigenvalue weighted by Gasteiger charge is -1.67. The SMILES string of the molecule is [CH]c1csc(Cl)c1. The number of hydrogen-bond acceptors (Lipinski definition) is 1. The van der Waals surface area contributed by atoms with Gasteiger partial charge >= 0.3 is 0 Å². The Hall–Kier alpha value is -0.0100. The molecule has 0 saturated heterocycles. The van der Waals surface area contributed by atoms with E-state index < -0.39 is 0 Å². The summed E-state index contributed by atoms with van der Waals surface area (Å²) in [5.74, 6) is 0. The molecule has 7 heavy (non-hydrogen) atoms. The molecule has 1 rings (SSSR count). The number of thiophene rings is 1. The molecule has 0 bridgehead atoms. The minimum absolute atomic E-state index is 0.745. The first kappa shape index (κ1) is 5.13. The monoisotopic (exact) mass is 130 g/mol. The molecule has 0 aliphatic rings. The molecule has 0 saturated carbocycles. The van der Waals surface area contributed by atoms with Crippen LogP contribution in [0.25, 0.3) is 0 Å². The number of rotatable bonds is 0. The zero-order valence-corrected chi connectivity index (χ0v) is 5.09. The first-order chi connectivity index (χ1) is 3.29. The lowest BCUT2D eigenvalue weighted by atomic mass is 10.4. The predicted octanol–water partition coefficient (Wildman–Crippen LogP) is 2.46. The molecule has 2 radical (unpaired) electrons. The van der Waals surface area contributed by atoms with Crippen LogP contribution in [-0.2, 0) is 0 Å². The molecule has 0 aliphatic carbocycles. The topological polar surface area (TPSA) is 0 Å². The van der Waals surface area contributed by atoms with Crippen LogP contribution in [0, 0.1) is 6.92 Å². The second-order valence-corrected chi connectivity index (χ2v) is 2.73. The summed E-state index contributed by atoms with van der Waals surface area (Å²) in [6.07, 6.45) is 0. The molecule has 1 aromatic rings. The van der Waals surface area contributed by atoms with E-state index in [-0.39, 0.29) is 0 Å². The van der Waals surface area contributed by atoms with Gasteiger partial charge in [0.05, 0.1) is 4.34 Å². The van der Waals surface area contributed by atoms with Gasteiger partial charge in [-0.05, 0) is 23.9 Å². The van der Waals surface area contributed by atoms with E-state index in [1.54, 1.807) is 6.07 Å². The van der Waals surface area contributed by atoms with E-state index in [9.17, 15) is 0 Å². The van der Waals surface area contributed by atoms with Crippen LogP contribution < -0.4 is 0 Å². The Balaban J connectivity index is 3.04. The minimum atomic E-state index is 0.745. The van der Waals surface area contributed by atoms with Crippen LogP contribution in [0.2, 0.25) is 4.34 Å². The summed E-state index contributed by atoms with van der Waals surface area (Å²) in [5.41, 5.74) is 0.745. The van der Waals surface area contributed by atoms with Crippen LogP contribution >= 0.6 is 22.9 Å². The summed E-state index contributed by atoms with van der Waals surface area (Å²) < 4.78 is 0.748. The molecule has 0 N–H and O–H groups in total. The highest BCUT2D eigenvalue weighted by Gasteiger charge is 1.87. The van der Waals surface area contributed by atoms with E-state index >= 15 is 0 Å². The Morgan fingerprint density at radius 3 is 2.57 bits per heavy atom. The molecule has 0 unspecified atom stereocenters. The van der Waals surface area contributed by atoms with Crippen LogP contribution in [0.5, 0.6) is 0 Å². The van der Waals surface area contributed by atoms with Crippen LogP contribution in [0.1, 0.15) is 5.56 Å². The van der Waals surface area contributed by atoms with Crippen molar-refractivity contribution in [3.05, 3.63) is 28.3 Å². The summed E-state index contributed by atoms with van der Waals surface area (Å²) in [6, 6.07) is 1.73. The highest BCUT2D eigenvalue weighted by Crippen LogP contribution is 2.18. The van der Waals surface area contributed by atoms with Crippen molar-refractivity contribution >= 4 is 22.9 Å². The lowest BCUT2D eigenvalue weighted by Crippen LogP contribution is -1.49. The summed E-state index contributed by atoms with van der Waals surface area (Å²) in [4.78, 5) is 0. The Bertz CT molecular complexity index is 140. The van der Waals surface area contributed by atoms with Crippen molar-refractivity contribution in [3.63, 3.8) is 0 Å². The molecule has 0 aliphatic heterocycles. The molecule has 0 spiro atoms. The Labute approximate surface area is 51.7 Å². The van der Waals surface area contributed by atoms with Crippen molar-refractivity contribution in [1.82, 2.24) is 0 Å². The predicted molar refractivity (Wildman–Crippen MR) is 32.7 cm³/mol. The molecular formula is C5H3ClS. The van der Waals surface area contributed by atoms with E-state index in [0.717, 1.165) is 9.90 Å². The van der Waals surface area contributed by atoms with Gasteiger partial charge in [-0.15, -0.1) is 11.3 Å². The zero-order chi connectivity index (χ0) is 5.28. The average molecular weight is 131 g/mol. The van der Waals surface area contributed by atoms with Crippen molar-refractivity contribution in [2.24, 2.45) is 0 Å². The third-order valence-electron chi connectivity index (χ3n) is 0.588. The van der Waals surface area contributed by atoms with Crippen molar-refractivity contribution in [1.29, 1.82) is 0 Å². The van der Waals surface area contributed by atoms with E-state index in [2.05, 4.69) is 0 Å². The molecule has 0 aromatic carbocycles. The van der Waals surface area contributed by atoms with Crippen LogP contribution in [0.3, 0.4) is 0 Å². The third kappa shape index (κ3) is 1.18. The van der Waals surface area contributed by atoms with Gasteiger partial charge in [0.15, 0.2) is 0 Å². The van der Waals surface area contributed by atoms with Gasteiger partial charge in [0.1, 0.15) is 0 Å². The molecule has 0 amide bonds. The third-order valence-corrected chi connectivity index (χ3v) is 1.70. The second kappa shape index (κ2) is 1.85. The van der Waals surface area contributed by atoms with Gasteiger partial charge in [-0.25, -0.2) is 0 Å². The molecule has 1 heterocycles. The standard InChI is InChI=1S/C5H3ClS/c1-4-2-5(6)7-3-4/h1-3H. The fraction of sp³-hybridized carbons (Fsp3) is 0. The molecule has 0 atom stereocenters. The lowest BCUT2D eigenvalue weighted by molar-refractivity contribution is 1.79. The fourth-order valence-corrected chi connectivity index (χ4v) is 1.10. The molecule has 0 fully saturated rings. The molecular weight excluding hydrogens is 128 g/mol. The fourth-order valence-electron chi connectivity index (χ4n) is 0.323. The summed E-state index contributed by atoms with van der Waals surface area (Å²) in [7, 11) is 0. The van der Waals surface area contributed by atoms with Crippen LogP contribution in [-0.4, -0.2) is 0 Å². The molecule has 0 nitrogen and oxygen atoms in total. The normalized spacial score (nSPS) is 9.43. The first-order valence-electron chi connectivity index (χ1n) is 1.78. The summed E-state index contributed by atoms with van der Waals surface area (Å²) in [6.45, 7) is 5.30. The van der Waals surface area contributed by atoms with Crippen molar-refractivity contribution in [3.8, 4) is 0 Å². The maximum absolute atomic E-state index is 5.50.